The summed E-state index contributed by atoms with van der Waals surface area (Å²) in [5.41, 5.74) is 2.83. The second-order valence-electron chi connectivity index (χ2n) is 5.22. The average molecular weight is 312 g/mol. The van der Waals surface area contributed by atoms with Crippen LogP contribution in [0.1, 0.15) is 29.8 Å². The van der Waals surface area contributed by atoms with E-state index < -0.39 is 0 Å². The van der Waals surface area contributed by atoms with Gasteiger partial charge >= 0.3 is 0 Å². The fourth-order valence-corrected chi connectivity index (χ4v) is 2.52. The zero-order valence-corrected chi connectivity index (χ0v) is 14.0. The summed E-state index contributed by atoms with van der Waals surface area (Å²) >= 11 is 0. The second kappa shape index (κ2) is 8.22. The van der Waals surface area contributed by atoms with Gasteiger partial charge in [0.05, 0.1) is 12.7 Å². The third-order valence-electron chi connectivity index (χ3n) is 3.87. The summed E-state index contributed by atoms with van der Waals surface area (Å²) in [6.45, 7) is 6.76. The molecule has 0 saturated carbocycles. The van der Waals surface area contributed by atoms with Crippen molar-refractivity contribution in [2.75, 3.05) is 25.1 Å². The van der Waals surface area contributed by atoms with Gasteiger partial charge in [0.15, 0.2) is 0 Å². The van der Waals surface area contributed by atoms with E-state index in [9.17, 15) is 4.79 Å². The molecule has 0 bridgehead atoms. The fourth-order valence-electron chi connectivity index (χ4n) is 2.52. The number of para-hydroxylation sites is 1. The van der Waals surface area contributed by atoms with Gasteiger partial charge in [0.1, 0.15) is 5.75 Å². The first-order chi connectivity index (χ1) is 11.2. The Labute approximate surface area is 138 Å². The molecule has 4 heteroatoms. The van der Waals surface area contributed by atoms with Crippen molar-refractivity contribution in [3.05, 3.63) is 59.7 Å². The monoisotopic (exact) mass is 312 g/mol. The lowest BCUT2D eigenvalue weighted by molar-refractivity contribution is 0.0948. The largest absolute Gasteiger partial charge is 0.496 e. The molecule has 0 heterocycles. The van der Waals surface area contributed by atoms with Crippen LogP contribution in [0.5, 0.6) is 5.75 Å². The number of methoxy groups -OCH3 is 1. The summed E-state index contributed by atoms with van der Waals surface area (Å²) in [6, 6.07) is 15.5. The summed E-state index contributed by atoms with van der Waals surface area (Å²) in [5.74, 6) is 0.456. The van der Waals surface area contributed by atoms with Crippen LogP contribution in [0.25, 0.3) is 0 Å². The average Bonchev–Trinajstić information content (AvgIpc) is 2.61. The van der Waals surface area contributed by atoms with E-state index in [1.54, 1.807) is 19.2 Å². The molecule has 1 amide bonds. The molecule has 2 aromatic rings. The van der Waals surface area contributed by atoms with E-state index in [4.69, 9.17) is 4.74 Å². The molecule has 0 fully saturated rings. The van der Waals surface area contributed by atoms with Gasteiger partial charge in [-0.1, -0.05) is 24.3 Å². The summed E-state index contributed by atoms with van der Waals surface area (Å²) in [6.07, 6.45) is 0. The summed E-state index contributed by atoms with van der Waals surface area (Å²) in [4.78, 5) is 14.6. The van der Waals surface area contributed by atoms with Crippen LogP contribution in [-0.2, 0) is 6.54 Å². The van der Waals surface area contributed by atoms with Crippen molar-refractivity contribution in [2.24, 2.45) is 0 Å². The molecule has 23 heavy (non-hydrogen) atoms. The molecule has 0 radical (unpaired) electrons. The Hall–Kier alpha value is -2.49. The van der Waals surface area contributed by atoms with Crippen LogP contribution >= 0.6 is 0 Å². The van der Waals surface area contributed by atoms with Crippen LogP contribution in [-0.4, -0.2) is 26.1 Å². The molecule has 0 aliphatic heterocycles. The van der Waals surface area contributed by atoms with Gasteiger partial charge in [-0.05, 0) is 43.7 Å². The van der Waals surface area contributed by atoms with Crippen molar-refractivity contribution >= 4 is 11.6 Å². The lowest BCUT2D eigenvalue weighted by Gasteiger charge is -2.21. The number of hydrogen-bond donors (Lipinski definition) is 1. The first-order valence-electron chi connectivity index (χ1n) is 7.94. The van der Waals surface area contributed by atoms with Crippen LogP contribution in [0.3, 0.4) is 0 Å². The first-order valence-corrected chi connectivity index (χ1v) is 7.94. The molecule has 0 unspecified atom stereocenters. The normalized spacial score (nSPS) is 10.2. The topological polar surface area (TPSA) is 41.6 Å². The van der Waals surface area contributed by atoms with Gasteiger partial charge in [-0.3, -0.25) is 4.79 Å². The first kappa shape index (κ1) is 16.9. The van der Waals surface area contributed by atoms with E-state index in [-0.39, 0.29) is 5.91 Å². The maximum absolute atomic E-state index is 12.3. The van der Waals surface area contributed by atoms with Crippen molar-refractivity contribution in [1.82, 2.24) is 5.32 Å². The van der Waals surface area contributed by atoms with Crippen LogP contribution < -0.4 is 15.0 Å². The quantitative estimate of drug-likeness (QED) is 0.851. The Bertz CT molecular complexity index is 634. The molecule has 4 nitrogen and oxygen atoms in total. The third kappa shape index (κ3) is 4.25. The maximum Gasteiger partial charge on any atom is 0.255 e. The van der Waals surface area contributed by atoms with Crippen LogP contribution in [0.2, 0.25) is 0 Å². The molecule has 2 rings (SSSR count). The molecule has 0 saturated heterocycles. The number of rotatable bonds is 7. The molecule has 2 aromatic carbocycles. The van der Waals surface area contributed by atoms with E-state index in [0.717, 1.165) is 18.7 Å². The zero-order valence-electron chi connectivity index (χ0n) is 14.0. The Morgan fingerprint density at radius 2 is 1.70 bits per heavy atom. The van der Waals surface area contributed by atoms with Gasteiger partial charge in [0, 0.05) is 25.3 Å². The fraction of sp³-hybridized carbons (Fsp3) is 0.316. The van der Waals surface area contributed by atoms with Gasteiger partial charge in [0.25, 0.3) is 5.91 Å². The molecule has 122 valence electrons. The number of amides is 1. The SMILES string of the molecule is CCN(CC)c1ccc(CNC(=O)c2ccccc2OC)cc1. The highest BCUT2D eigenvalue weighted by Crippen LogP contribution is 2.18. The highest BCUT2D eigenvalue weighted by molar-refractivity contribution is 5.96. The highest BCUT2D eigenvalue weighted by Gasteiger charge is 2.10. The van der Waals surface area contributed by atoms with E-state index in [1.165, 1.54) is 5.69 Å². The predicted octanol–water partition coefficient (Wildman–Crippen LogP) is 3.47. The number of hydrogen-bond acceptors (Lipinski definition) is 3. The molecule has 0 atom stereocenters. The number of nitrogens with one attached hydrogen (secondary N) is 1. The van der Waals surface area contributed by atoms with Crippen LogP contribution in [0, 0.1) is 0 Å². The molecule has 0 aromatic heterocycles. The molecule has 0 spiro atoms. The zero-order chi connectivity index (χ0) is 16.7. The van der Waals surface area contributed by atoms with Crippen molar-refractivity contribution in [3.8, 4) is 5.75 Å². The van der Waals surface area contributed by atoms with E-state index in [2.05, 4.69) is 48.3 Å². The Morgan fingerprint density at radius 3 is 2.30 bits per heavy atom. The molecular weight excluding hydrogens is 288 g/mol. The van der Waals surface area contributed by atoms with Crippen molar-refractivity contribution in [2.45, 2.75) is 20.4 Å². The van der Waals surface area contributed by atoms with Crippen LogP contribution in [0.4, 0.5) is 5.69 Å². The molecule has 1 N–H and O–H groups in total. The standard InChI is InChI=1S/C19H24N2O2/c1-4-21(5-2)16-12-10-15(11-13-16)14-20-19(22)17-8-6-7-9-18(17)23-3/h6-13H,4-5,14H2,1-3H3,(H,20,22). The van der Waals surface area contributed by atoms with Gasteiger partial charge in [0.2, 0.25) is 0 Å². The minimum atomic E-state index is -0.129. The minimum Gasteiger partial charge on any atom is -0.496 e. The number of nitrogens with zero attached hydrogens (tertiary/aromatic N) is 1. The van der Waals surface area contributed by atoms with Crippen LogP contribution in [0.15, 0.2) is 48.5 Å². The van der Waals surface area contributed by atoms with Crippen molar-refractivity contribution in [3.63, 3.8) is 0 Å². The van der Waals surface area contributed by atoms with E-state index >= 15 is 0 Å². The second-order valence-corrected chi connectivity index (χ2v) is 5.22. The number of benzene rings is 2. The van der Waals surface area contributed by atoms with Gasteiger partial charge in [-0.15, -0.1) is 0 Å². The Kier molecular flexibility index (Phi) is 6.03. The Morgan fingerprint density at radius 1 is 1.04 bits per heavy atom. The number of carbonyl (C=O) groups is 1. The lowest BCUT2D eigenvalue weighted by atomic mass is 10.1. The number of ether oxygens (including phenoxy) is 1. The van der Waals surface area contributed by atoms with Gasteiger partial charge in [-0.25, -0.2) is 0 Å². The summed E-state index contributed by atoms with van der Waals surface area (Å²) in [5, 5.41) is 2.93. The smallest absolute Gasteiger partial charge is 0.255 e. The van der Waals surface area contributed by atoms with Crippen molar-refractivity contribution < 1.29 is 9.53 Å². The lowest BCUT2D eigenvalue weighted by Crippen LogP contribution is -2.24. The summed E-state index contributed by atoms with van der Waals surface area (Å²) < 4.78 is 5.22. The van der Waals surface area contributed by atoms with Gasteiger partial charge < -0.3 is 15.0 Å². The third-order valence-corrected chi connectivity index (χ3v) is 3.87. The molecular formula is C19H24N2O2. The van der Waals surface area contributed by atoms with E-state index in [1.807, 2.05) is 12.1 Å². The highest BCUT2D eigenvalue weighted by atomic mass is 16.5. The molecule has 0 aliphatic carbocycles. The summed E-state index contributed by atoms with van der Waals surface area (Å²) in [7, 11) is 1.57. The minimum absolute atomic E-state index is 0.129. The number of anilines is 1. The maximum atomic E-state index is 12.3. The van der Waals surface area contributed by atoms with E-state index in [0.29, 0.717) is 17.9 Å². The molecule has 0 aliphatic rings. The number of carbonyl (C=O) groups excluding carboxylic acids is 1. The van der Waals surface area contributed by atoms with Crippen molar-refractivity contribution in [1.29, 1.82) is 0 Å². The predicted molar refractivity (Wildman–Crippen MR) is 94.2 cm³/mol. The Balaban J connectivity index is 1.99. The van der Waals surface area contributed by atoms with Gasteiger partial charge in [-0.2, -0.15) is 0 Å².